The summed E-state index contributed by atoms with van der Waals surface area (Å²) in [5.41, 5.74) is -0.310. The lowest BCUT2D eigenvalue weighted by molar-refractivity contribution is -0.154. The summed E-state index contributed by atoms with van der Waals surface area (Å²) in [5.74, 6) is -0.0107. The van der Waals surface area contributed by atoms with Gasteiger partial charge in [-0.3, -0.25) is 4.79 Å². The number of hydrogen-bond acceptors (Lipinski definition) is 2. The van der Waals surface area contributed by atoms with Gasteiger partial charge in [-0.2, -0.15) is 0 Å². The van der Waals surface area contributed by atoms with Crippen molar-refractivity contribution in [1.82, 2.24) is 0 Å². The Morgan fingerprint density at radius 2 is 1.30 bits per heavy atom. The maximum Gasteiger partial charge on any atom is 0.311 e. The molecular weight excluding hydrogens is 248 g/mol. The van der Waals surface area contributed by atoms with E-state index in [0.717, 1.165) is 19.3 Å². The van der Waals surface area contributed by atoms with E-state index >= 15 is 0 Å². The minimum Gasteiger partial charge on any atom is -0.465 e. The van der Waals surface area contributed by atoms with E-state index < -0.39 is 0 Å². The Morgan fingerprint density at radius 1 is 0.800 bits per heavy atom. The number of ether oxygens (including phenoxy) is 1. The molecule has 0 heterocycles. The Labute approximate surface area is 126 Å². The highest BCUT2D eigenvalue weighted by Gasteiger charge is 2.28. The van der Waals surface area contributed by atoms with Gasteiger partial charge in [0.05, 0.1) is 12.0 Å². The molecule has 0 rings (SSSR count). The zero-order chi connectivity index (χ0) is 15.3. The normalized spacial score (nSPS) is 11.6. The summed E-state index contributed by atoms with van der Waals surface area (Å²) in [6, 6.07) is 0. The topological polar surface area (TPSA) is 26.3 Å². The summed E-state index contributed by atoms with van der Waals surface area (Å²) in [7, 11) is 0. The van der Waals surface area contributed by atoms with Crippen LogP contribution >= 0.6 is 0 Å². The van der Waals surface area contributed by atoms with E-state index in [-0.39, 0.29) is 11.4 Å². The molecule has 0 aromatic carbocycles. The Balaban J connectivity index is 3.65. The summed E-state index contributed by atoms with van der Waals surface area (Å²) < 4.78 is 5.43. The summed E-state index contributed by atoms with van der Waals surface area (Å²) in [6.45, 7) is 9.07. The lowest BCUT2D eigenvalue weighted by Crippen LogP contribution is -2.27. The molecule has 2 nitrogen and oxygen atoms in total. The van der Waals surface area contributed by atoms with Crippen LogP contribution in [-0.2, 0) is 9.53 Å². The lowest BCUT2D eigenvalue weighted by Gasteiger charge is -2.22. The number of hydrogen-bond donors (Lipinski definition) is 0. The van der Waals surface area contributed by atoms with Crippen molar-refractivity contribution in [2.75, 3.05) is 6.61 Å². The van der Waals surface area contributed by atoms with Crippen molar-refractivity contribution < 1.29 is 9.53 Å². The largest absolute Gasteiger partial charge is 0.465 e. The Bertz CT molecular complexity index is 234. The Hall–Kier alpha value is -0.530. The first-order valence-corrected chi connectivity index (χ1v) is 8.71. The SMILES string of the molecule is CCCCCCCOC(=O)C(C)(C)CCCCCCC. The lowest BCUT2D eigenvalue weighted by atomic mass is 9.87. The third-order valence-corrected chi connectivity index (χ3v) is 3.94. The van der Waals surface area contributed by atoms with Gasteiger partial charge in [0.15, 0.2) is 0 Å². The van der Waals surface area contributed by atoms with Gasteiger partial charge in [-0.1, -0.05) is 71.6 Å². The Morgan fingerprint density at radius 3 is 1.85 bits per heavy atom. The van der Waals surface area contributed by atoms with Crippen LogP contribution in [0.2, 0.25) is 0 Å². The molecular formula is C18H36O2. The quantitative estimate of drug-likeness (QED) is 0.311. The predicted molar refractivity (Wildman–Crippen MR) is 86.9 cm³/mol. The van der Waals surface area contributed by atoms with Crippen LogP contribution in [0.3, 0.4) is 0 Å². The predicted octanol–water partition coefficient (Wildman–Crippen LogP) is 5.89. The van der Waals surface area contributed by atoms with E-state index in [4.69, 9.17) is 4.74 Å². The van der Waals surface area contributed by atoms with Crippen LogP contribution in [0.5, 0.6) is 0 Å². The summed E-state index contributed by atoms with van der Waals surface area (Å²) in [5, 5.41) is 0. The Kier molecular flexibility index (Phi) is 11.9. The van der Waals surface area contributed by atoms with Crippen molar-refractivity contribution in [3.05, 3.63) is 0 Å². The van der Waals surface area contributed by atoms with Crippen molar-refractivity contribution in [2.24, 2.45) is 5.41 Å². The standard InChI is InChI=1S/C18H36O2/c1-5-7-9-11-13-15-18(3,4)17(19)20-16-14-12-10-8-6-2/h5-16H2,1-4H3. The average molecular weight is 284 g/mol. The van der Waals surface area contributed by atoms with Crippen molar-refractivity contribution in [2.45, 2.75) is 98.3 Å². The van der Waals surface area contributed by atoms with E-state index in [9.17, 15) is 4.79 Å². The minimum atomic E-state index is -0.310. The summed E-state index contributed by atoms with van der Waals surface area (Å²) in [4.78, 5) is 12.1. The first-order valence-electron chi connectivity index (χ1n) is 8.71. The molecule has 0 amide bonds. The molecule has 20 heavy (non-hydrogen) atoms. The smallest absolute Gasteiger partial charge is 0.311 e. The molecule has 0 saturated carbocycles. The summed E-state index contributed by atoms with van der Waals surface area (Å²) in [6.07, 6.45) is 13.2. The number of rotatable bonds is 13. The molecule has 0 spiro atoms. The van der Waals surface area contributed by atoms with Crippen LogP contribution < -0.4 is 0 Å². The van der Waals surface area contributed by atoms with Crippen molar-refractivity contribution >= 4 is 5.97 Å². The summed E-state index contributed by atoms with van der Waals surface area (Å²) >= 11 is 0. The van der Waals surface area contributed by atoms with Gasteiger partial charge in [-0.25, -0.2) is 0 Å². The molecule has 2 heteroatoms. The van der Waals surface area contributed by atoms with E-state index in [1.54, 1.807) is 0 Å². The van der Waals surface area contributed by atoms with Crippen molar-refractivity contribution in [3.8, 4) is 0 Å². The molecule has 0 unspecified atom stereocenters. The second kappa shape index (κ2) is 12.2. The van der Waals surface area contributed by atoms with Crippen LogP contribution in [0.25, 0.3) is 0 Å². The van der Waals surface area contributed by atoms with Gasteiger partial charge in [0, 0.05) is 0 Å². The highest BCUT2D eigenvalue weighted by Crippen LogP contribution is 2.26. The van der Waals surface area contributed by atoms with E-state index in [1.807, 2.05) is 13.8 Å². The molecule has 0 aliphatic rings. The average Bonchev–Trinajstić information content (AvgIpc) is 2.42. The number of carbonyl (C=O) groups excluding carboxylic acids is 1. The second-order valence-corrected chi connectivity index (χ2v) is 6.60. The van der Waals surface area contributed by atoms with E-state index in [0.29, 0.717) is 6.61 Å². The molecule has 0 aliphatic carbocycles. The molecule has 0 N–H and O–H groups in total. The monoisotopic (exact) mass is 284 g/mol. The highest BCUT2D eigenvalue weighted by atomic mass is 16.5. The molecule has 0 atom stereocenters. The molecule has 120 valence electrons. The van der Waals surface area contributed by atoms with Crippen LogP contribution in [0.1, 0.15) is 98.3 Å². The third-order valence-electron chi connectivity index (χ3n) is 3.94. The van der Waals surface area contributed by atoms with Crippen LogP contribution in [0, 0.1) is 5.41 Å². The fraction of sp³-hybridized carbons (Fsp3) is 0.944. The number of carbonyl (C=O) groups is 1. The molecule has 0 radical (unpaired) electrons. The number of esters is 1. The zero-order valence-electron chi connectivity index (χ0n) is 14.3. The molecule has 0 aliphatic heterocycles. The van der Waals surface area contributed by atoms with Crippen LogP contribution in [0.4, 0.5) is 0 Å². The highest BCUT2D eigenvalue weighted by molar-refractivity contribution is 5.75. The maximum atomic E-state index is 12.1. The molecule has 0 saturated heterocycles. The van der Waals surface area contributed by atoms with Gasteiger partial charge >= 0.3 is 5.97 Å². The van der Waals surface area contributed by atoms with Crippen LogP contribution in [0.15, 0.2) is 0 Å². The first-order chi connectivity index (χ1) is 9.54. The van der Waals surface area contributed by atoms with Gasteiger partial charge in [0.1, 0.15) is 0 Å². The van der Waals surface area contributed by atoms with Gasteiger partial charge in [0.2, 0.25) is 0 Å². The molecule has 0 aromatic rings. The van der Waals surface area contributed by atoms with Gasteiger partial charge in [-0.15, -0.1) is 0 Å². The molecule has 0 bridgehead atoms. The van der Waals surface area contributed by atoms with E-state index in [1.165, 1.54) is 51.4 Å². The second-order valence-electron chi connectivity index (χ2n) is 6.60. The van der Waals surface area contributed by atoms with Crippen molar-refractivity contribution in [3.63, 3.8) is 0 Å². The van der Waals surface area contributed by atoms with Gasteiger partial charge in [0.25, 0.3) is 0 Å². The molecule has 0 aromatic heterocycles. The zero-order valence-corrected chi connectivity index (χ0v) is 14.3. The third kappa shape index (κ3) is 10.3. The van der Waals surface area contributed by atoms with E-state index in [2.05, 4.69) is 13.8 Å². The van der Waals surface area contributed by atoms with Crippen LogP contribution in [-0.4, -0.2) is 12.6 Å². The number of unbranched alkanes of at least 4 members (excludes halogenated alkanes) is 8. The fourth-order valence-corrected chi connectivity index (χ4v) is 2.34. The molecule has 0 fully saturated rings. The maximum absolute atomic E-state index is 12.1. The van der Waals surface area contributed by atoms with Gasteiger partial charge in [-0.05, 0) is 26.7 Å². The van der Waals surface area contributed by atoms with Crippen molar-refractivity contribution in [1.29, 1.82) is 0 Å². The minimum absolute atomic E-state index is 0.0107. The first kappa shape index (κ1) is 19.5. The van der Waals surface area contributed by atoms with Gasteiger partial charge < -0.3 is 4.74 Å². The fourth-order valence-electron chi connectivity index (χ4n) is 2.34.